The van der Waals surface area contributed by atoms with Crippen LogP contribution in [0.25, 0.3) is 0 Å². The lowest BCUT2D eigenvalue weighted by molar-refractivity contribution is -0.145. The minimum atomic E-state index is -1.46. The average Bonchev–Trinajstić information content (AvgIpc) is 2.27. The summed E-state index contributed by atoms with van der Waals surface area (Å²) in [7, 11) is 0. The zero-order chi connectivity index (χ0) is 13.7. The number of aryl methyl sites for hydroxylation is 1. The van der Waals surface area contributed by atoms with E-state index in [9.17, 15) is 14.4 Å². The summed E-state index contributed by atoms with van der Waals surface area (Å²) in [6.07, 6.45) is 2.14. The highest BCUT2D eigenvalue weighted by atomic mass is 16.4. The molecule has 1 atom stereocenters. The summed E-state index contributed by atoms with van der Waals surface area (Å²) in [5.74, 6) is -3.36. The molecule has 0 aliphatic carbocycles. The summed E-state index contributed by atoms with van der Waals surface area (Å²) < 4.78 is 0. The van der Waals surface area contributed by atoms with Gasteiger partial charge in [0.15, 0.2) is 0 Å². The maximum absolute atomic E-state index is 11.7. The summed E-state index contributed by atoms with van der Waals surface area (Å²) in [4.78, 5) is 36.7. The van der Waals surface area contributed by atoms with Crippen LogP contribution in [0.15, 0.2) is 18.5 Å². The van der Waals surface area contributed by atoms with E-state index >= 15 is 0 Å². The number of hydrogen-bond donors (Lipinski definition) is 3. The van der Waals surface area contributed by atoms with Crippen LogP contribution in [0.5, 0.6) is 0 Å². The van der Waals surface area contributed by atoms with Crippen LogP contribution in [0, 0.1) is 6.92 Å². The van der Waals surface area contributed by atoms with Crippen molar-refractivity contribution in [3.05, 3.63) is 29.6 Å². The van der Waals surface area contributed by atoms with Gasteiger partial charge in [0.05, 0.1) is 12.0 Å². The van der Waals surface area contributed by atoms with Gasteiger partial charge in [0.1, 0.15) is 6.04 Å². The van der Waals surface area contributed by atoms with E-state index in [-0.39, 0.29) is 5.56 Å². The maximum Gasteiger partial charge on any atom is 0.326 e. The molecule has 18 heavy (non-hydrogen) atoms. The molecule has 0 saturated carbocycles. The van der Waals surface area contributed by atoms with Crippen LogP contribution in [0.2, 0.25) is 0 Å². The normalized spacial score (nSPS) is 11.6. The number of nitrogens with zero attached hydrogens (tertiary/aromatic N) is 1. The molecule has 1 aromatic rings. The van der Waals surface area contributed by atoms with Crippen molar-refractivity contribution >= 4 is 17.8 Å². The lowest BCUT2D eigenvalue weighted by Gasteiger charge is -2.12. The molecule has 0 aromatic carbocycles. The molecule has 3 N–H and O–H groups in total. The summed E-state index contributed by atoms with van der Waals surface area (Å²) in [6.45, 7) is 1.73. The number of pyridine rings is 1. The summed E-state index contributed by atoms with van der Waals surface area (Å²) in [5.41, 5.74) is 0.930. The van der Waals surface area contributed by atoms with Crippen molar-refractivity contribution in [1.29, 1.82) is 0 Å². The van der Waals surface area contributed by atoms with Crippen LogP contribution in [0.1, 0.15) is 22.3 Å². The molecule has 0 bridgehead atoms. The Balaban J connectivity index is 2.78. The average molecular weight is 252 g/mol. The van der Waals surface area contributed by atoms with E-state index in [1.807, 2.05) is 0 Å². The highest BCUT2D eigenvalue weighted by Gasteiger charge is 2.23. The fraction of sp³-hybridized carbons (Fsp3) is 0.273. The molecule has 1 heterocycles. The second-order valence-corrected chi connectivity index (χ2v) is 3.71. The number of aromatic nitrogens is 1. The number of carboxylic acids is 2. The summed E-state index contributed by atoms with van der Waals surface area (Å²) in [6, 6.07) is 0.0673. The minimum Gasteiger partial charge on any atom is -0.481 e. The zero-order valence-corrected chi connectivity index (χ0v) is 9.58. The summed E-state index contributed by atoms with van der Waals surface area (Å²) >= 11 is 0. The molecular formula is C11H12N2O5. The van der Waals surface area contributed by atoms with Crippen LogP contribution in [-0.2, 0) is 9.59 Å². The number of nitrogens with one attached hydrogen (secondary N) is 1. The third-order valence-corrected chi connectivity index (χ3v) is 2.12. The molecule has 0 unspecified atom stereocenters. The quantitative estimate of drug-likeness (QED) is 0.681. The molecule has 0 radical (unpaired) electrons. The zero-order valence-electron chi connectivity index (χ0n) is 9.58. The van der Waals surface area contributed by atoms with E-state index in [0.717, 1.165) is 5.56 Å². The van der Waals surface area contributed by atoms with Crippen molar-refractivity contribution in [2.45, 2.75) is 19.4 Å². The second kappa shape index (κ2) is 5.76. The molecule has 0 spiro atoms. The largest absolute Gasteiger partial charge is 0.481 e. The van der Waals surface area contributed by atoms with Crippen LogP contribution in [0.3, 0.4) is 0 Å². The second-order valence-electron chi connectivity index (χ2n) is 3.71. The van der Waals surface area contributed by atoms with Gasteiger partial charge in [-0.1, -0.05) is 0 Å². The van der Waals surface area contributed by atoms with Gasteiger partial charge in [0, 0.05) is 12.4 Å². The molecule has 7 nitrogen and oxygen atoms in total. The van der Waals surface area contributed by atoms with Gasteiger partial charge in [-0.2, -0.15) is 0 Å². The number of rotatable bonds is 5. The maximum atomic E-state index is 11.7. The Hall–Kier alpha value is -2.44. The fourth-order valence-corrected chi connectivity index (χ4v) is 1.30. The molecular weight excluding hydrogens is 240 g/mol. The van der Waals surface area contributed by atoms with E-state index in [0.29, 0.717) is 0 Å². The van der Waals surface area contributed by atoms with Gasteiger partial charge in [0.2, 0.25) is 0 Å². The molecule has 1 rings (SSSR count). The Labute approximate surface area is 102 Å². The molecule has 1 amide bonds. The Morgan fingerprint density at radius 2 is 2.00 bits per heavy atom. The minimum absolute atomic E-state index is 0.187. The Morgan fingerprint density at radius 1 is 1.33 bits per heavy atom. The van der Waals surface area contributed by atoms with Crippen LogP contribution < -0.4 is 5.32 Å². The highest BCUT2D eigenvalue weighted by Crippen LogP contribution is 2.02. The predicted molar refractivity (Wildman–Crippen MR) is 60.1 cm³/mol. The SMILES string of the molecule is Cc1cncc(C(=O)N[C@@H](CC(=O)O)C(=O)O)c1. The standard InChI is InChI=1S/C11H12N2O5/c1-6-2-7(5-12-4-6)10(16)13-8(11(17)18)3-9(14)15/h2,4-5,8H,3H2,1H3,(H,13,16)(H,14,15)(H,17,18)/t8-/m0/s1. The smallest absolute Gasteiger partial charge is 0.326 e. The van der Waals surface area contributed by atoms with Gasteiger partial charge >= 0.3 is 11.9 Å². The summed E-state index contributed by atoms with van der Waals surface area (Å²) in [5, 5.41) is 19.4. The number of amides is 1. The number of carboxylic acid groups (broad SMARTS) is 2. The number of carbonyl (C=O) groups is 3. The number of carbonyl (C=O) groups excluding carboxylic acids is 1. The van der Waals surface area contributed by atoms with E-state index < -0.39 is 30.3 Å². The van der Waals surface area contributed by atoms with E-state index in [4.69, 9.17) is 10.2 Å². The Kier molecular flexibility index (Phi) is 4.36. The third kappa shape index (κ3) is 3.85. The molecule has 1 aromatic heterocycles. The first kappa shape index (κ1) is 13.6. The first-order chi connectivity index (χ1) is 8.40. The van der Waals surface area contributed by atoms with Gasteiger partial charge in [-0.3, -0.25) is 14.6 Å². The first-order valence-electron chi connectivity index (χ1n) is 5.07. The lowest BCUT2D eigenvalue weighted by Crippen LogP contribution is -2.42. The number of aliphatic carboxylic acids is 2. The van der Waals surface area contributed by atoms with Gasteiger partial charge < -0.3 is 15.5 Å². The van der Waals surface area contributed by atoms with Crippen molar-refractivity contribution < 1.29 is 24.6 Å². The van der Waals surface area contributed by atoms with E-state index in [2.05, 4.69) is 10.3 Å². The van der Waals surface area contributed by atoms with Crippen LogP contribution >= 0.6 is 0 Å². The van der Waals surface area contributed by atoms with Gasteiger partial charge in [-0.05, 0) is 18.6 Å². The topological polar surface area (TPSA) is 117 Å². The van der Waals surface area contributed by atoms with Crippen LogP contribution in [0.4, 0.5) is 0 Å². The monoisotopic (exact) mass is 252 g/mol. The molecule has 0 saturated heterocycles. The fourth-order valence-electron chi connectivity index (χ4n) is 1.30. The molecule has 0 aliphatic heterocycles. The predicted octanol–water partition coefficient (Wildman–Crippen LogP) is 0.0477. The molecule has 96 valence electrons. The third-order valence-electron chi connectivity index (χ3n) is 2.12. The van der Waals surface area contributed by atoms with Gasteiger partial charge in [-0.15, -0.1) is 0 Å². The van der Waals surface area contributed by atoms with E-state index in [1.165, 1.54) is 12.3 Å². The van der Waals surface area contributed by atoms with Crippen molar-refractivity contribution in [3.63, 3.8) is 0 Å². The molecule has 0 fully saturated rings. The number of hydrogen-bond acceptors (Lipinski definition) is 4. The Morgan fingerprint density at radius 3 is 2.50 bits per heavy atom. The van der Waals surface area contributed by atoms with Crippen molar-refractivity contribution in [3.8, 4) is 0 Å². The first-order valence-corrected chi connectivity index (χ1v) is 5.07. The van der Waals surface area contributed by atoms with E-state index in [1.54, 1.807) is 13.1 Å². The Bertz CT molecular complexity index is 486. The molecule has 0 aliphatic rings. The van der Waals surface area contributed by atoms with Crippen molar-refractivity contribution in [2.24, 2.45) is 0 Å². The van der Waals surface area contributed by atoms with Gasteiger partial charge in [0.25, 0.3) is 5.91 Å². The lowest BCUT2D eigenvalue weighted by atomic mass is 10.1. The van der Waals surface area contributed by atoms with Crippen molar-refractivity contribution in [2.75, 3.05) is 0 Å². The van der Waals surface area contributed by atoms with Crippen LogP contribution in [-0.4, -0.2) is 39.1 Å². The van der Waals surface area contributed by atoms with Crippen molar-refractivity contribution in [1.82, 2.24) is 10.3 Å². The highest BCUT2D eigenvalue weighted by molar-refractivity contribution is 5.97. The van der Waals surface area contributed by atoms with Gasteiger partial charge in [-0.25, -0.2) is 4.79 Å². The molecule has 7 heteroatoms.